The van der Waals surface area contributed by atoms with Gasteiger partial charge in [0, 0.05) is 44.2 Å². The van der Waals surface area contributed by atoms with Gasteiger partial charge in [-0.3, -0.25) is 9.67 Å². The number of guanidine groups is 1. The largest absolute Gasteiger partial charge is 0.356 e. The minimum Gasteiger partial charge on any atom is -0.356 e. The Morgan fingerprint density at radius 2 is 1.75 bits per heavy atom. The first-order valence-corrected chi connectivity index (χ1v) is 9.10. The monoisotopic (exact) mass is 348 g/mol. The van der Waals surface area contributed by atoms with Crippen LogP contribution in [-0.2, 0) is 19.9 Å². The van der Waals surface area contributed by atoms with Crippen LogP contribution >= 0.6 is 11.3 Å². The maximum atomic E-state index is 4.57. The zero-order valence-electron chi connectivity index (χ0n) is 15.5. The van der Waals surface area contributed by atoms with Crippen LogP contribution in [0.5, 0.6) is 0 Å². The predicted octanol–water partition coefficient (Wildman–Crippen LogP) is 2.06. The SMILES string of the molecule is CN=C(NCCc1nc(C)c(C)s1)NCCc1c(C)nn(C)c1C. The number of aromatic nitrogens is 3. The average Bonchev–Trinajstić information content (AvgIpc) is 2.98. The van der Waals surface area contributed by atoms with Gasteiger partial charge in [-0.1, -0.05) is 0 Å². The number of hydrogen-bond donors (Lipinski definition) is 2. The molecule has 0 aliphatic rings. The second kappa shape index (κ2) is 8.28. The molecular formula is C17H28N6S. The summed E-state index contributed by atoms with van der Waals surface area (Å²) in [5.41, 5.74) is 4.79. The van der Waals surface area contributed by atoms with Gasteiger partial charge >= 0.3 is 0 Å². The average molecular weight is 349 g/mol. The van der Waals surface area contributed by atoms with E-state index < -0.39 is 0 Å². The van der Waals surface area contributed by atoms with Gasteiger partial charge in [-0.25, -0.2) is 4.98 Å². The highest BCUT2D eigenvalue weighted by Crippen LogP contribution is 2.16. The van der Waals surface area contributed by atoms with E-state index in [0.29, 0.717) is 0 Å². The number of nitrogens with one attached hydrogen (secondary N) is 2. The first kappa shape index (κ1) is 18.4. The molecule has 6 nitrogen and oxygen atoms in total. The number of thiazole rings is 1. The third kappa shape index (κ3) is 4.56. The van der Waals surface area contributed by atoms with Crippen LogP contribution in [0.15, 0.2) is 4.99 Å². The Hall–Kier alpha value is -1.89. The van der Waals surface area contributed by atoms with Crippen LogP contribution < -0.4 is 10.6 Å². The molecule has 132 valence electrons. The standard InChI is InChI=1S/C17H28N6S/c1-11-14(4)24-16(21-11)8-10-20-17(18-5)19-9-7-15-12(2)22-23(6)13(15)3/h7-10H2,1-6H3,(H2,18,19,20). The van der Waals surface area contributed by atoms with Crippen LogP contribution in [0.1, 0.15) is 32.5 Å². The molecule has 0 bridgehead atoms. The molecule has 0 fully saturated rings. The van der Waals surface area contributed by atoms with Gasteiger partial charge in [0.2, 0.25) is 0 Å². The van der Waals surface area contributed by atoms with Gasteiger partial charge in [-0.2, -0.15) is 5.10 Å². The Kier molecular flexibility index (Phi) is 6.36. The van der Waals surface area contributed by atoms with Gasteiger partial charge in [-0.05, 0) is 39.7 Å². The molecule has 0 saturated heterocycles. The Labute approximate surface area is 148 Å². The zero-order valence-corrected chi connectivity index (χ0v) is 16.3. The summed E-state index contributed by atoms with van der Waals surface area (Å²) in [6.07, 6.45) is 1.86. The molecule has 0 saturated carbocycles. The minimum atomic E-state index is 0.830. The van der Waals surface area contributed by atoms with E-state index in [0.717, 1.165) is 43.3 Å². The highest BCUT2D eigenvalue weighted by atomic mass is 32.1. The summed E-state index contributed by atoms with van der Waals surface area (Å²) < 4.78 is 1.94. The lowest BCUT2D eigenvalue weighted by Gasteiger charge is -2.11. The number of nitrogens with zero attached hydrogens (tertiary/aromatic N) is 4. The summed E-state index contributed by atoms with van der Waals surface area (Å²) in [7, 11) is 3.79. The van der Waals surface area contributed by atoms with Crippen molar-refractivity contribution in [1.29, 1.82) is 0 Å². The fraction of sp³-hybridized carbons (Fsp3) is 0.588. The van der Waals surface area contributed by atoms with Crippen LogP contribution in [0.25, 0.3) is 0 Å². The summed E-state index contributed by atoms with van der Waals surface area (Å²) >= 11 is 1.77. The first-order chi connectivity index (χ1) is 11.4. The third-order valence-electron chi connectivity index (χ3n) is 4.25. The Balaban J connectivity index is 1.76. The molecule has 0 radical (unpaired) electrons. The number of hydrogen-bond acceptors (Lipinski definition) is 4. The van der Waals surface area contributed by atoms with Crippen LogP contribution in [-0.4, -0.2) is 40.9 Å². The Bertz CT molecular complexity index is 693. The number of aliphatic imine (C=N–C) groups is 1. The van der Waals surface area contributed by atoms with Crippen molar-refractivity contribution in [3.63, 3.8) is 0 Å². The topological polar surface area (TPSA) is 67.1 Å². The van der Waals surface area contributed by atoms with Gasteiger partial charge < -0.3 is 10.6 Å². The minimum absolute atomic E-state index is 0.830. The molecule has 2 aromatic rings. The van der Waals surface area contributed by atoms with Crippen molar-refractivity contribution < 1.29 is 0 Å². The number of rotatable bonds is 6. The van der Waals surface area contributed by atoms with Crippen molar-refractivity contribution in [2.45, 2.75) is 40.5 Å². The molecule has 0 aromatic carbocycles. The van der Waals surface area contributed by atoms with Crippen LogP contribution in [0.3, 0.4) is 0 Å². The highest BCUT2D eigenvalue weighted by molar-refractivity contribution is 7.11. The van der Waals surface area contributed by atoms with E-state index in [9.17, 15) is 0 Å². The molecule has 0 atom stereocenters. The number of aryl methyl sites for hydroxylation is 4. The van der Waals surface area contributed by atoms with Crippen molar-refractivity contribution >= 4 is 17.3 Å². The van der Waals surface area contributed by atoms with Gasteiger partial charge in [0.05, 0.1) is 16.4 Å². The van der Waals surface area contributed by atoms with E-state index in [1.165, 1.54) is 21.1 Å². The van der Waals surface area contributed by atoms with E-state index >= 15 is 0 Å². The summed E-state index contributed by atoms with van der Waals surface area (Å²) in [6.45, 7) is 10.0. The zero-order chi connectivity index (χ0) is 17.7. The maximum absolute atomic E-state index is 4.57. The molecule has 0 spiro atoms. The summed E-state index contributed by atoms with van der Waals surface area (Å²) in [6, 6.07) is 0. The Morgan fingerprint density at radius 3 is 2.25 bits per heavy atom. The quantitative estimate of drug-likeness (QED) is 0.619. The van der Waals surface area contributed by atoms with Crippen molar-refractivity contribution in [3.8, 4) is 0 Å². The summed E-state index contributed by atoms with van der Waals surface area (Å²) in [5, 5.41) is 12.4. The molecule has 0 amide bonds. The van der Waals surface area contributed by atoms with E-state index in [2.05, 4.69) is 53.4 Å². The lowest BCUT2D eigenvalue weighted by Crippen LogP contribution is -2.39. The van der Waals surface area contributed by atoms with Gasteiger partial charge in [0.15, 0.2) is 5.96 Å². The van der Waals surface area contributed by atoms with E-state index in [1.54, 1.807) is 18.4 Å². The maximum Gasteiger partial charge on any atom is 0.191 e. The fourth-order valence-electron chi connectivity index (χ4n) is 2.64. The molecule has 2 aromatic heterocycles. The first-order valence-electron chi connectivity index (χ1n) is 8.28. The van der Waals surface area contributed by atoms with E-state index in [4.69, 9.17) is 0 Å². The smallest absolute Gasteiger partial charge is 0.191 e. The van der Waals surface area contributed by atoms with Crippen molar-refractivity contribution in [1.82, 2.24) is 25.4 Å². The van der Waals surface area contributed by atoms with Gasteiger partial charge in [0.25, 0.3) is 0 Å². The lowest BCUT2D eigenvalue weighted by molar-refractivity contribution is 0.728. The lowest BCUT2D eigenvalue weighted by atomic mass is 10.1. The fourth-order valence-corrected chi connectivity index (χ4v) is 3.57. The molecule has 2 rings (SSSR count). The van der Waals surface area contributed by atoms with Crippen LogP contribution in [0, 0.1) is 27.7 Å². The second-order valence-corrected chi connectivity index (χ2v) is 7.24. The van der Waals surface area contributed by atoms with Gasteiger partial charge in [-0.15, -0.1) is 11.3 Å². The third-order valence-corrected chi connectivity index (χ3v) is 5.39. The molecule has 2 heterocycles. The molecular weight excluding hydrogens is 320 g/mol. The molecule has 0 aliphatic carbocycles. The second-order valence-electron chi connectivity index (χ2n) is 5.95. The molecule has 2 N–H and O–H groups in total. The Morgan fingerprint density at radius 1 is 1.08 bits per heavy atom. The van der Waals surface area contributed by atoms with Crippen molar-refractivity contribution in [2.75, 3.05) is 20.1 Å². The van der Waals surface area contributed by atoms with Crippen molar-refractivity contribution in [3.05, 3.63) is 32.5 Å². The van der Waals surface area contributed by atoms with Crippen LogP contribution in [0.4, 0.5) is 0 Å². The summed E-state index contributed by atoms with van der Waals surface area (Å²) in [4.78, 5) is 10.1. The predicted molar refractivity (Wildman–Crippen MR) is 101 cm³/mol. The van der Waals surface area contributed by atoms with E-state index in [-0.39, 0.29) is 0 Å². The summed E-state index contributed by atoms with van der Waals surface area (Å²) in [5.74, 6) is 0.833. The van der Waals surface area contributed by atoms with Crippen molar-refractivity contribution in [2.24, 2.45) is 12.0 Å². The van der Waals surface area contributed by atoms with Gasteiger partial charge in [0.1, 0.15) is 0 Å². The molecule has 24 heavy (non-hydrogen) atoms. The van der Waals surface area contributed by atoms with Crippen LogP contribution in [0.2, 0.25) is 0 Å². The van der Waals surface area contributed by atoms with E-state index in [1.807, 2.05) is 11.7 Å². The molecule has 0 unspecified atom stereocenters. The molecule has 0 aliphatic heterocycles. The molecule has 7 heteroatoms. The normalized spacial score (nSPS) is 11.8. The highest BCUT2D eigenvalue weighted by Gasteiger charge is 2.09.